The molecule has 0 atom stereocenters. The zero-order valence-electron chi connectivity index (χ0n) is 15.2. The van der Waals surface area contributed by atoms with Gasteiger partial charge < -0.3 is 9.88 Å². The average molecular weight is 396 g/mol. The molecule has 1 amide bonds. The predicted octanol–water partition coefficient (Wildman–Crippen LogP) is 5.27. The van der Waals surface area contributed by atoms with Crippen LogP contribution in [-0.4, -0.2) is 10.5 Å². The monoisotopic (exact) mass is 396 g/mol. The number of rotatable bonds is 5. The van der Waals surface area contributed by atoms with Gasteiger partial charge in [-0.25, -0.2) is 8.78 Å². The molecule has 6 heteroatoms. The van der Waals surface area contributed by atoms with Crippen molar-refractivity contribution in [1.82, 2.24) is 9.88 Å². The summed E-state index contributed by atoms with van der Waals surface area (Å²) >= 11 is 1.67. The topological polar surface area (TPSA) is 34.0 Å². The van der Waals surface area contributed by atoms with Crippen LogP contribution in [0.5, 0.6) is 0 Å². The largest absolute Gasteiger partial charge is 0.348 e. The van der Waals surface area contributed by atoms with Crippen LogP contribution in [0, 0.1) is 18.6 Å². The summed E-state index contributed by atoms with van der Waals surface area (Å²) in [6.07, 6.45) is 0. The van der Waals surface area contributed by atoms with Gasteiger partial charge in [0.15, 0.2) is 0 Å². The fraction of sp³-hybridized carbons (Fsp3) is 0.136. The van der Waals surface area contributed by atoms with Crippen molar-refractivity contribution < 1.29 is 13.6 Å². The van der Waals surface area contributed by atoms with Crippen molar-refractivity contribution in [3.05, 3.63) is 93.3 Å². The Morgan fingerprint density at radius 1 is 1.07 bits per heavy atom. The fourth-order valence-corrected chi connectivity index (χ4v) is 4.16. The number of carbonyl (C=O) groups is 1. The first-order valence-corrected chi connectivity index (χ1v) is 9.74. The highest BCUT2D eigenvalue weighted by Gasteiger charge is 2.20. The van der Waals surface area contributed by atoms with Crippen molar-refractivity contribution >= 4 is 28.1 Å². The average Bonchev–Trinajstić information content (AvgIpc) is 3.26. The summed E-state index contributed by atoms with van der Waals surface area (Å²) in [7, 11) is 0. The number of halogens is 2. The van der Waals surface area contributed by atoms with Gasteiger partial charge in [0.2, 0.25) is 0 Å². The van der Waals surface area contributed by atoms with Crippen LogP contribution in [0.15, 0.2) is 60.0 Å². The molecule has 2 aromatic heterocycles. The zero-order valence-corrected chi connectivity index (χ0v) is 16.0. The van der Waals surface area contributed by atoms with Crippen LogP contribution in [0.1, 0.15) is 26.5 Å². The number of carbonyl (C=O) groups excluding carboxylic acids is 1. The van der Waals surface area contributed by atoms with Crippen LogP contribution < -0.4 is 5.32 Å². The Kier molecular flexibility index (Phi) is 4.96. The third-order valence-electron chi connectivity index (χ3n) is 4.73. The second kappa shape index (κ2) is 7.56. The summed E-state index contributed by atoms with van der Waals surface area (Å²) in [6, 6.07) is 15.1. The van der Waals surface area contributed by atoms with Crippen molar-refractivity contribution in [1.29, 1.82) is 0 Å². The molecular weight excluding hydrogens is 378 g/mol. The van der Waals surface area contributed by atoms with Crippen molar-refractivity contribution in [3.8, 4) is 0 Å². The molecule has 0 saturated heterocycles. The zero-order chi connectivity index (χ0) is 19.7. The van der Waals surface area contributed by atoms with Crippen molar-refractivity contribution in [3.63, 3.8) is 0 Å². The molecule has 0 bridgehead atoms. The van der Waals surface area contributed by atoms with Crippen LogP contribution in [0.4, 0.5) is 8.78 Å². The Morgan fingerprint density at radius 2 is 1.82 bits per heavy atom. The van der Waals surface area contributed by atoms with E-state index >= 15 is 0 Å². The first-order valence-electron chi connectivity index (χ1n) is 8.86. The molecule has 2 aromatic carbocycles. The minimum Gasteiger partial charge on any atom is -0.348 e. The van der Waals surface area contributed by atoms with E-state index in [-0.39, 0.29) is 12.5 Å². The minimum atomic E-state index is -0.659. The van der Waals surface area contributed by atoms with Crippen LogP contribution >= 0.6 is 11.3 Å². The molecule has 3 nitrogen and oxygen atoms in total. The summed E-state index contributed by atoms with van der Waals surface area (Å²) in [5.41, 5.74) is 2.81. The number of thiophene rings is 1. The van der Waals surface area contributed by atoms with Gasteiger partial charge in [-0.1, -0.05) is 24.3 Å². The Labute approximate surface area is 165 Å². The molecule has 0 aliphatic rings. The number of nitrogens with one attached hydrogen (secondary N) is 1. The maximum atomic E-state index is 13.4. The third kappa shape index (κ3) is 3.55. The molecule has 0 aliphatic heterocycles. The van der Waals surface area contributed by atoms with Crippen molar-refractivity contribution in [2.24, 2.45) is 0 Å². The van der Waals surface area contributed by atoms with Crippen LogP contribution in [0.2, 0.25) is 0 Å². The van der Waals surface area contributed by atoms with Gasteiger partial charge in [-0.3, -0.25) is 4.79 Å². The van der Waals surface area contributed by atoms with Gasteiger partial charge in [0.25, 0.3) is 5.91 Å². The van der Waals surface area contributed by atoms with E-state index < -0.39 is 11.6 Å². The number of amides is 1. The molecule has 0 saturated carbocycles. The van der Waals surface area contributed by atoms with E-state index in [9.17, 15) is 13.6 Å². The summed E-state index contributed by atoms with van der Waals surface area (Å²) < 4.78 is 28.9. The molecule has 0 unspecified atom stereocenters. The van der Waals surface area contributed by atoms with E-state index in [0.29, 0.717) is 17.7 Å². The standard InChI is InChI=1S/C22H18F2N2OS/c1-14-21(22(27)25-12-15-9-16(23)11-17(24)10-15)19-6-2-3-7-20(19)26(14)13-18-5-4-8-28-18/h2-11H,12-13H2,1H3,(H,25,27). The van der Waals surface area contributed by atoms with Gasteiger partial charge in [-0.15, -0.1) is 11.3 Å². The Morgan fingerprint density at radius 3 is 2.54 bits per heavy atom. The quantitative estimate of drug-likeness (QED) is 0.490. The van der Waals surface area contributed by atoms with Crippen LogP contribution in [-0.2, 0) is 13.1 Å². The van der Waals surface area contributed by atoms with Crippen LogP contribution in [0.3, 0.4) is 0 Å². The van der Waals surface area contributed by atoms with Gasteiger partial charge >= 0.3 is 0 Å². The Balaban J connectivity index is 1.66. The molecule has 0 spiro atoms. The van der Waals surface area contributed by atoms with Gasteiger partial charge in [0.05, 0.1) is 12.1 Å². The lowest BCUT2D eigenvalue weighted by Crippen LogP contribution is -2.23. The number of fused-ring (bicyclic) bond motifs is 1. The van der Waals surface area contributed by atoms with E-state index in [1.807, 2.05) is 42.6 Å². The maximum Gasteiger partial charge on any atom is 0.254 e. The van der Waals surface area contributed by atoms with Gasteiger partial charge in [-0.2, -0.15) is 0 Å². The highest BCUT2D eigenvalue weighted by molar-refractivity contribution is 7.09. The second-order valence-corrected chi connectivity index (χ2v) is 7.64. The van der Waals surface area contributed by atoms with E-state index in [0.717, 1.165) is 22.7 Å². The van der Waals surface area contributed by atoms with E-state index in [4.69, 9.17) is 0 Å². The van der Waals surface area contributed by atoms with Gasteiger partial charge in [0, 0.05) is 34.1 Å². The summed E-state index contributed by atoms with van der Waals surface area (Å²) in [5.74, 6) is -1.58. The lowest BCUT2D eigenvalue weighted by molar-refractivity contribution is 0.0951. The normalized spacial score (nSPS) is 11.1. The molecule has 142 valence electrons. The highest BCUT2D eigenvalue weighted by Crippen LogP contribution is 2.27. The molecule has 0 aliphatic carbocycles. The fourth-order valence-electron chi connectivity index (χ4n) is 3.46. The Bertz CT molecular complexity index is 1130. The summed E-state index contributed by atoms with van der Waals surface area (Å²) in [5, 5.41) is 5.68. The number of hydrogen-bond donors (Lipinski definition) is 1. The second-order valence-electron chi connectivity index (χ2n) is 6.60. The maximum absolute atomic E-state index is 13.4. The molecule has 0 fully saturated rings. The molecular formula is C22H18F2N2OS. The summed E-state index contributed by atoms with van der Waals surface area (Å²) in [4.78, 5) is 14.1. The number of benzene rings is 2. The lowest BCUT2D eigenvalue weighted by Gasteiger charge is -2.08. The van der Waals surface area contributed by atoms with E-state index in [1.54, 1.807) is 11.3 Å². The first-order chi connectivity index (χ1) is 13.5. The summed E-state index contributed by atoms with van der Waals surface area (Å²) in [6.45, 7) is 2.66. The van der Waals surface area contributed by atoms with Crippen LogP contribution in [0.25, 0.3) is 10.9 Å². The number of hydrogen-bond acceptors (Lipinski definition) is 2. The highest BCUT2D eigenvalue weighted by atomic mass is 32.1. The number of para-hydroxylation sites is 1. The van der Waals surface area contributed by atoms with E-state index in [1.165, 1.54) is 17.0 Å². The number of nitrogens with zero attached hydrogens (tertiary/aromatic N) is 1. The number of aromatic nitrogens is 1. The SMILES string of the molecule is Cc1c(C(=O)NCc2cc(F)cc(F)c2)c2ccccc2n1Cc1cccs1. The third-order valence-corrected chi connectivity index (χ3v) is 5.59. The predicted molar refractivity (Wildman–Crippen MR) is 108 cm³/mol. The first kappa shape index (κ1) is 18.4. The molecule has 4 aromatic rings. The molecule has 0 radical (unpaired) electrons. The smallest absolute Gasteiger partial charge is 0.254 e. The molecule has 28 heavy (non-hydrogen) atoms. The van der Waals surface area contributed by atoms with Gasteiger partial charge in [0.1, 0.15) is 11.6 Å². The molecule has 1 N–H and O–H groups in total. The Hall–Kier alpha value is -2.99. The van der Waals surface area contributed by atoms with E-state index in [2.05, 4.69) is 16.0 Å². The molecule has 2 heterocycles. The van der Waals surface area contributed by atoms with Crippen molar-refractivity contribution in [2.45, 2.75) is 20.0 Å². The lowest BCUT2D eigenvalue weighted by atomic mass is 10.1. The van der Waals surface area contributed by atoms with Gasteiger partial charge in [-0.05, 0) is 42.1 Å². The molecule has 4 rings (SSSR count). The minimum absolute atomic E-state index is 0.0530. The van der Waals surface area contributed by atoms with Crippen molar-refractivity contribution in [2.75, 3.05) is 0 Å².